The predicted octanol–water partition coefficient (Wildman–Crippen LogP) is 3.23. The Morgan fingerprint density at radius 2 is 1.71 bits per heavy atom. The van der Waals surface area contributed by atoms with Crippen LogP contribution in [-0.2, 0) is 14.4 Å². The molecule has 9 nitrogen and oxygen atoms in total. The molecule has 2 amide bonds. The fourth-order valence-electron chi connectivity index (χ4n) is 2.73. The molecule has 170 valence electrons. The second-order valence-corrected chi connectivity index (χ2v) is 7.34. The summed E-state index contributed by atoms with van der Waals surface area (Å²) in [5, 5.41) is 19.3. The highest BCUT2D eigenvalue weighted by atomic mass is 16.4. The normalized spacial score (nSPS) is 11.9. The number of rotatable bonds is 14. The van der Waals surface area contributed by atoms with Crippen LogP contribution < -0.4 is 10.7 Å². The van der Waals surface area contributed by atoms with Gasteiger partial charge in [0.1, 0.15) is 17.6 Å². The van der Waals surface area contributed by atoms with Crippen molar-refractivity contribution in [2.45, 2.75) is 64.7 Å². The van der Waals surface area contributed by atoms with E-state index in [-0.39, 0.29) is 24.2 Å². The van der Waals surface area contributed by atoms with Gasteiger partial charge in [0.15, 0.2) is 5.43 Å². The summed E-state index contributed by atoms with van der Waals surface area (Å²) >= 11 is 0. The highest BCUT2D eigenvalue weighted by Gasteiger charge is 2.19. The van der Waals surface area contributed by atoms with Crippen molar-refractivity contribution < 1.29 is 33.8 Å². The van der Waals surface area contributed by atoms with Crippen molar-refractivity contribution in [2.24, 2.45) is 5.92 Å². The maximum atomic E-state index is 12.1. The number of hydrogen-bond acceptors (Lipinski definition) is 6. The third-order valence-corrected chi connectivity index (χ3v) is 4.56. The van der Waals surface area contributed by atoms with Gasteiger partial charge in [-0.1, -0.05) is 38.7 Å². The first-order valence-corrected chi connectivity index (χ1v) is 10.3. The largest absolute Gasteiger partial charge is 0.481 e. The lowest BCUT2D eigenvalue weighted by Gasteiger charge is -2.06. The van der Waals surface area contributed by atoms with Crippen LogP contribution in [0, 0.1) is 5.92 Å². The fourth-order valence-corrected chi connectivity index (χ4v) is 2.73. The molecule has 0 radical (unpaired) electrons. The summed E-state index contributed by atoms with van der Waals surface area (Å²) in [4.78, 5) is 57.0. The molecule has 0 bridgehead atoms. The summed E-state index contributed by atoms with van der Waals surface area (Å²) in [6.07, 6.45) is 10.7. The van der Waals surface area contributed by atoms with Crippen LogP contribution in [0.15, 0.2) is 27.6 Å². The molecule has 0 saturated heterocycles. The molecule has 0 fully saturated rings. The summed E-state index contributed by atoms with van der Waals surface area (Å²) in [5.41, 5.74) is -0.944. The van der Waals surface area contributed by atoms with Gasteiger partial charge in [-0.05, 0) is 25.3 Å². The van der Waals surface area contributed by atoms with Gasteiger partial charge >= 0.3 is 11.9 Å². The van der Waals surface area contributed by atoms with Crippen LogP contribution >= 0.6 is 0 Å². The van der Waals surface area contributed by atoms with Gasteiger partial charge in [-0.15, -0.1) is 0 Å². The number of carbonyl (C=O) groups is 4. The molecule has 0 aliphatic carbocycles. The Labute approximate surface area is 180 Å². The van der Waals surface area contributed by atoms with Gasteiger partial charge in [0.2, 0.25) is 5.91 Å². The van der Waals surface area contributed by atoms with Crippen LogP contribution in [0.25, 0.3) is 6.08 Å². The smallest absolute Gasteiger partial charge is 0.306 e. The SMILES string of the molecule is C[C@@H](CC(=O)NC(=O)c1coc(C=CCCCCCCCCC(=O)O)cc1=O)C(=O)O. The number of amides is 2. The summed E-state index contributed by atoms with van der Waals surface area (Å²) in [6.45, 7) is 1.34. The zero-order valence-corrected chi connectivity index (χ0v) is 17.6. The Hall–Kier alpha value is -3.23. The Morgan fingerprint density at radius 3 is 2.32 bits per heavy atom. The molecule has 0 aromatic carbocycles. The number of hydrogen-bond donors (Lipinski definition) is 3. The molecule has 1 aromatic heterocycles. The molecule has 1 atom stereocenters. The number of carbonyl (C=O) groups excluding carboxylic acids is 2. The summed E-state index contributed by atoms with van der Waals surface area (Å²) in [6, 6.07) is 1.15. The fraction of sp³-hybridized carbons (Fsp3) is 0.500. The highest BCUT2D eigenvalue weighted by molar-refractivity contribution is 6.04. The van der Waals surface area contributed by atoms with Gasteiger partial charge in [-0.25, -0.2) is 0 Å². The quantitative estimate of drug-likeness (QED) is 0.377. The van der Waals surface area contributed by atoms with E-state index < -0.39 is 35.1 Å². The molecular weight excluding hydrogens is 406 g/mol. The van der Waals surface area contributed by atoms with E-state index in [4.69, 9.17) is 14.6 Å². The molecular formula is C22H29NO8. The van der Waals surface area contributed by atoms with E-state index >= 15 is 0 Å². The topological polar surface area (TPSA) is 151 Å². The standard InChI is InChI=1S/C22H29NO8/c1-15(22(29)30)12-19(25)23-21(28)17-14-31-16(13-18(17)24)10-8-6-4-2-3-5-7-9-11-20(26)27/h8,10,13-15H,2-7,9,11-12H2,1H3,(H,26,27)(H,29,30)(H,23,25,28)/t15-/m0/s1. The van der Waals surface area contributed by atoms with E-state index in [9.17, 15) is 24.0 Å². The Bertz CT molecular complexity index is 855. The van der Waals surface area contributed by atoms with Gasteiger partial charge in [0.05, 0.1) is 5.92 Å². The van der Waals surface area contributed by atoms with Crippen molar-refractivity contribution in [3.05, 3.63) is 40.0 Å². The maximum Gasteiger partial charge on any atom is 0.306 e. The number of imide groups is 1. The molecule has 9 heteroatoms. The third-order valence-electron chi connectivity index (χ3n) is 4.56. The summed E-state index contributed by atoms with van der Waals surface area (Å²) < 4.78 is 5.25. The Kier molecular flexibility index (Phi) is 11.6. The van der Waals surface area contributed by atoms with Gasteiger partial charge in [-0.2, -0.15) is 0 Å². The first-order chi connectivity index (χ1) is 14.7. The van der Waals surface area contributed by atoms with Crippen LogP contribution in [0.1, 0.15) is 80.8 Å². The van der Waals surface area contributed by atoms with E-state index in [0.717, 1.165) is 50.9 Å². The van der Waals surface area contributed by atoms with Gasteiger partial charge in [0.25, 0.3) is 5.91 Å². The first kappa shape index (κ1) is 25.8. The van der Waals surface area contributed by atoms with Crippen molar-refractivity contribution in [1.82, 2.24) is 5.32 Å². The average Bonchev–Trinajstić information content (AvgIpc) is 2.68. The molecule has 1 rings (SSSR count). The van der Waals surface area contributed by atoms with Gasteiger partial charge < -0.3 is 14.6 Å². The van der Waals surface area contributed by atoms with E-state index in [2.05, 4.69) is 0 Å². The summed E-state index contributed by atoms with van der Waals surface area (Å²) in [7, 11) is 0. The average molecular weight is 435 g/mol. The Morgan fingerprint density at radius 1 is 1.06 bits per heavy atom. The van der Waals surface area contributed by atoms with Crippen molar-refractivity contribution in [1.29, 1.82) is 0 Å². The highest BCUT2D eigenvalue weighted by Crippen LogP contribution is 2.10. The van der Waals surface area contributed by atoms with Crippen LogP contribution in [0.3, 0.4) is 0 Å². The van der Waals surface area contributed by atoms with Crippen LogP contribution in [0.4, 0.5) is 0 Å². The molecule has 0 saturated carbocycles. The van der Waals surface area contributed by atoms with Gasteiger partial charge in [0, 0.05) is 18.9 Å². The number of unbranched alkanes of at least 4 members (excludes halogenated alkanes) is 6. The van der Waals surface area contributed by atoms with E-state index in [1.165, 1.54) is 6.92 Å². The lowest BCUT2D eigenvalue weighted by molar-refractivity contribution is -0.143. The Balaban J connectivity index is 2.38. The number of allylic oxidation sites excluding steroid dienone is 1. The second-order valence-electron chi connectivity index (χ2n) is 7.34. The molecule has 0 unspecified atom stereocenters. The minimum atomic E-state index is -1.16. The van der Waals surface area contributed by atoms with Gasteiger partial charge in [-0.3, -0.25) is 29.3 Å². The van der Waals surface area contributed by atoms with E-state index in [1.54, 1.807) is 6.08 Å². The number of carboxylic acids is 2. The van der Waals surface area contributed by atoms with Crippen molar-refractivity contribution in [2.75, 3.05) is 0 Å². The molecule has 0 aliphatic heterocycles. The number of aliphatic carboxylic acids is 2. The molecule has 1 heterocycles. The number of nitrogens with one attached hydrogen (secondary N) is 1. The zero-order valence-electron chi connectivity index (χ0n) is 17.6. The molecule has 1 aromatic rings. The monoisotopic (exact) mass is 435 g/mol. The number of carboxylic acid groups (broad SMARTS) is 2. The van der Waals surface area contributed by atoms with Crippen LogP contribution in [-0.4, -0.2) is 34.0 Å². The molecule has 0 spiro atoms. The minimum absolute atomic E-state index is 0.217. The molecule has 0 aliphatic rings. The van der Waals surface area contributed by atoms with Crippen LogP contribution in [0.5, 0.6) is 0 Å². The summed E-state index contributed by atoms with van der Waals surface area (Å²) in [5.74, 6) is -4.31. The third kappa shape index (κ3) is 10.9. The molecule has 3 N–H and O–H groups in total. The lowest BCUT2D eigenvalue weighted by atomic mass is 10.1. The van der Waals surface area contributed by atoms with Crippen LogP contribution in [0.2, 0.25) is 0 Å². The zero-order chi connectivity index (χ0) is 23.2. The first-order valence-electron chi connectivity index (χ1n) is 10.3. The predicted molar refractivity (Wildman–Crippen MR) is 112 cm³/mol. The minimum Gasteiger partial charge on any atom is -0.481 e. The molecule has 31 heavy (non-hydrogen) atoms. The van der Waals surface area contributed by atoms with E-state index in [1.807, 2.05) is 11.4 Å². The van der Waals surface area contributed by atoms with Crippen molar-refractivity contribution in [3.63, 3.8) is 0 Å². The lowest BCUT2D eigenvalue weighted by Crippen LogP contribution is -2.35. The van der Waals surface area contributed by atoms with Crippen molar-refractivity contribution >= 4 is 29.8 Å². The second kappa shape index (κ2) is 13.9. The van der Waals surface area contributed by atoms with E-state index in [0.29, 0.717) is 6.42 Å². The van der Waals surface area contributed by atoms with Crippen molar-refractivity contribution in [3.8, 4) is 0 Å². The maximum absolute atomic E-state index is 12.1.